The quantitative estimate of drug-likeness (QED) is 0.220. The number of rotatable bonds is 2. The van der Waals surface area contributed by atoms with E-state index in [1.54, 1.807) is 0 Å². The van der Waals surface area contributed by atoms with Crippen molar-refractivity contribution in [2.24, 2.45) is 0 Å². The molecule has 2 aromatic heterocycles. The van der Waals surface area contributed by atoms with E-state index in [1.807, 2.05) is 0 Å². The first kappa shape index (κ1) is 21.6. The summed E-state index contributed by atoms with van der Waals surface area (Å²) < 4.78 is 4.93. The van der Waals surface area contributed by atoms with Crippen molar-refractivity contribution in [2.45, 2.75) is 0 Å². The van der Waals surface area contributed by atoms with E-state index in [9.17, 15) is 0 Å². The first-order valence-electron chi connectivity index (χ1n) is 13.8. The molecule has 0 bridgehead atoms. The van der Waals surface area contributed by atoms with Crippen LogP contribution in [0.15, 0.2) is 146 Å². The molecule has 0 aliphatic heterocycles. The molecule has 0 N–H and O–H groups in total. The average molecular weight is 509 g/mol. The minimum absolute atomic E-state index is 1.17. The second-order valence-corrected chi connectivity index (χ2v) is 10.6. The van der Waals surface area contributed by atoms with Gasteiger partial charge in [0.1, 0.15) is 0 Å². The van der Waals surface area contributed by atoms with E-state index >= 15 is 0 Å². The molecule has 0 fully saturated rings. The van der Waals surface area contributed by atoms with Crippen molar-refractivity contribution in [2.75, 3.05) is 0 Å². The molecule has 9 rings (SSSR count). The highest BCUT2D eigenvalue weighted by Crippen LogP contribution is 2.43. The van der Waals surface area contributed by atoms with Crippen LogP contribution in [0.5, 0.6) is 0 Å². The van der Waals surface area contributed by atoms with Crippen molar-refractivity contribution in [1.82, 2.24) is 9.13 Å². The van der Waals surface area contributed by atoms with Gasteiger partial charge in [-0.2, -0.15) is 0 Å². The largest absolute Gasteiger partial charge is 0.309 e. The molecule has 9 aromatic rings. The van der Waals surface area contributed by atoms with Crippen molar-refractivity contribution in [1.29, 1.82) is 0 Å². The lowest BCUT2D eigenvalue weighted by atomic mass is 10.0. The first-order valence-corrected chi connectivity index (χ1v) is 13.8. The lowest BCUT2D eigenvalue weighted by Gasteiger charge is -2.14. The van der Waals surface area contributed by atoms with Crippen molar-refractivity contribution in [3.05, 3.63) is 146 Å². The second kappa shape index (κ2) is 8.08. The highest BCUT2D eigenvalue weighted by Gasteiger charge is 2.20. The Bertz CT molecular complexity index is 2420. The molecule has 0 atom stereocenters. The van der Waals surface area contributed by atoms with Crippen molar-refractivity contribution >= 4 is 65.2 Å². The van der Waals surface area contributed by atoms with E-state index in [2.05, 4.69) is 155 Å². The highest BCUT2D eigenvalue weighted by atomic mass is 15.0. The fraction of sp³-hybridized carbons (Fsp3) is 0. The van der Waals surface area contributed by atoms with E-state index in [-0.39, 0.29) is 0 Å². The van der Waals surface area contributed by atoms with Crippen LogP contribution in [-0.2, 0) is 0 Å². The lowest BCUT2D eigenvalue weighted by Crippen LogP contribution is -1.97. The summed E-state index contributed by atoms with van der Waals surface area (Å²) in [4.78, 5) is 0. The fourth-order valence-corrected chi connectivity index (χ4v) is 6.74. The van der Waals surface area contributed by atoms with Crippen LogP contribution < -0.4 is 0 Å². The van der Waals surface area contributed by atoms with Gasteiger partial charge in [0.05, 0.1) is 22.1 Å². The van der Waals surface area contributed by atoms with Gasteiger partial charge in [0.15, 0.2) is 0 Å². The molecular weight excluding hydrogens is 484 g/mol. The van der Waals surface area contributed by atoms with Gasteiger partial charge in [-0.15, -0.1) is 0 Å². The Morgan fingerprint density at radius 2 is 0.850 bits per heavy atom. The Labute approximate surface area is 230 Å². The zero-order valence-electron chi connectivity index (χ0n) is 21.8. The molecule has 40 heavy (non-hydrogen) atoms. The van der Waals surface area contributed by atoms with Crippen LogP contribution in [0.4, 0.5) is 0 Å². The SMILES string of the molecule is c1ccc(-n2c3ccccc3c3ccc4ccc5c6ccccc6n(-c6ccc7ccccc7c6)c5c4c32)cc1. The van der Waals surface area contributed by atoms with Gasteiger partial charge in [0.25, 0.3) is 0 Å². The number of fused-ring (bicyclic) bond motifs is 10. The first-order chi connectivity index (χ1) is 19.9. The molecule has 7 aromatic carbocycles. The highest BCUT2D eigenvalue weighted by molar-refractivity contribution is 6.28. The van der Waals surface area contributed by atoms with Crippen LogP contribution in [0.2, 0.25) is 0 Å². The van der Waals surface area contributed by atoms with E-state index in [0.29, 0.717) is 0 Å². The number of para-hydroxylation sites is 3. The maximum atomic E-state index is 2.48. The Hall–Kier alpha value is -5.34. The van der Waals surface area contributed by atoms with E-state index in [4.69, 9.17) is 0 Å². The van der Waals surface area contributed by atoms with Gasteiger partial charge in [-0.05, 0) is 52.6 Å². The number of hydrogen-bond donors (Lipinski definition) is 0. The summed E-state index contributed by atoms with van der Waals surface area (Å²) in [5.74, 6) is 0. The summed E-state index contributed by atoms with van der Waals surface area (Å²) in [5.41, 5.74) is 7.30. The van der Waals surface area contributed by atoms with Crippen LogP contribution >= 0.6 is 0 Å². The molecule has 0 radical (unpaired) electrons. The minimum atomic E-state index is 1.17. The van der Waals surface area contributed by atoms with Crippen molar-refractivity contribution in [3.8, 4) is 11.4 Å². The molecule has 0 saturated carbocycles. The van der Waals surface area contributed by atoms with Gasteiger partial charge >= 0.3 is 0 Å². The Kier molecular flexibility index (Phi) is 4.36. The van der Waals surface area contributed by atoms with Crippen LogP contribution in [-0.4, -0.2) is 9.13 Å². The third-order valence-corrected chi connectivity index (χ3v) is 8.45. The third kappa shape index (κ3) is 2.88. The smallest absolute Gasteiger partial charge is 0.0640 e. The lowest BCUT2D eigenvalue weighted by molar-refractivity contribution is 1.18. The molecule has 2 heterocycles. The van der Waals surface area contributed by atoms with E-state index in [1.165, 1.54) is 76.5 Å². The van der Waals surface area contributed by atoms with E-state index < -0.39 is 0 Å². The molecule has 0 aliphatic rings. The Morgan fingerprint density at radius 1 is 0.325 bits per heavy atom. The predicted octanol–water partition coefficient (Wildman–Crippen LogP) is 10.2. The fourth-order valence-electron chi connectivity index (χ4n) is 6.74. The molecule has 0 aliphatic carbocycles. The average Bonchev–Trinajstić information content (AvgIpc) is 3.54. The van der Waals surface area contributed by atoms with Gasteiger partial charge < -0.3 is 9.13 Å². The second-order valence-electron chi connectivity index (χ2n) is 10.6. The zero-order chi connectivity index (χ0) is 26.2. The Balaban J connectivity index is 1.56. The molecule has 0 saturated heterocycles. The van der Waals surface area contributed by atoms with Gasteiger partial charge in [-0.3, -0.25) is 0 Å². The molecule has 0 unspecified atom stereocenters. The molecule has 186 valence electrons. The van der Waals surface area contributed by atoms with Crippen LogP contribution in [0.25, 0.3) is 76.5 Å². The van der Waals surface area contributed by atoms with Crippen LogP contribution in [0, 0.1) is 0 Å². The minimum Gasteiger partial charge on any atom is -0.309 e. The topological polar surface area (TPSA) is 9.86 Å². The maximum Gasteiger partial charge on any atom is 0.0640 e. The maximum absolute atomic E-state index is 2.48. The van der Waals surface area contributed by atoms with Gasteiger partial charge in [-0.25, -0.2) is 0 Å². The van der Waals surface area contributed by atoms with E-state index in [0.717, 1.165) is 0 Å². The molecule has 2 heteroatoms. The number of benzene rings is 7. The summed E-state index contributed by atoms with van der Waals surface area (Å²) >= 11 is 0. The summed E-state index contributed by atoms with van der Waals surface area (Å²) in [5, 5.41) is 10.1. The van der Waals surface area contributed by atoms with Crippen molar-refractivity contribution in [3.63, 3.8) is 0 Å². The standard InChI is InChI=1S/C38H24N2/c1-2-12-28(13-3-1)39-34-16-8-6-14-30(34)32-22-19-26-20-23-33-31-15-7-9-17-35(31)40(38(33)36(26)37(32)39)29-21-18-25-10-4-5-11-27(25)24-29/h1-24H. The zero-order valence-corrected chi connectivity index (χ0v) is 21.8. The summed E-state index contributed by atoms with van der Waals surface area (Å²) in [6, 6.07) is 53.0. The summed E-state index contributed by atoms with van der Waals surface area (Å²) in [6.07, 6.45) is 0. The van der Waals surface area contributed by atoms with Crippen molar-refractivity contribution < 1.29 is 0 Å². The van der Waals surface area contributed by atoms with Crippen LogP contribution in [0.1, 0.15) is 0 Å². The molecular formula is C38H24N2. The molecule has 0 amide bonds. The van der Waals surface area contributed by atoms with Gasteiger partial charge in [-0.1, -0.05) is 109 Å². The summed E-state index contributed by atoms with van der Waals surface area (Å²) in [6.45, 7) is 0. The third-order valence-electron chi connectivity index (χ3n) is 8.45. The number of hydrogen-bond acceptors (Lipinski definition) is 0. The normalized spacial score (nSPS) is 12.0. The number of nitrogens with zero attached hydrogens (tertiary/aromatic N) is 2. The molecule has 2 nitrogen and oxygen atoms in total. The monoisotopic (exact) mass is 508 g/mol. The summed E-state index contributed by atoms with van der Waals surface area (Å²) in [7, 11) is 0. The van der Waals surface area contributed by atoms with Gasteiger partial charge in [0, 0.05) is 38.3 Å². The van der Waals surface area contributed by atoms with Crippen LogP contribution in [0.3, 0.4) is 0 Å². The number of aromatic nitrogens is 2. The van der Waals surface area contributed by atoms with Gasteiger partial charge in [0.2, 0.25) is 0 Å². The predicted molar refractivity (Wildman–Crippen MR) is 170 cm³/mol. The molecule has 0 spiro atoms. The Morgan fingerprint density at radius 3 is 1.52 bits per heavy atom.